The summed E-state index contributed by atoms with van der Waals surface area (Å²) < 4.78 is 0. The van der Waals surface area contributed by atoms with E-state index in [0.29, 0.717) is 17.4 Å². The molecule has 4 rings (SSSR count). The molecule has 2 aromatic rings. The zero-order valence-electron chi connectivity index (χ0n) is 16.3. The zero-order valence-corrected chi connectivity index (χ0v) is 16.3. The van der Waals surface area contributed by atoms with E-state index in [1.54, 1.807) is 0 Å². The molecule has 0 spiro atoms. The van der Waals surface area contributed by atoms with E-state index in [4.69, 9.17) is 0 Å². The van der Waals surface area contributed by atoms with Crippen molar-refractivity contribution in [3.8, 4) is 0 Å². The SMILES string of the molecule is Cc1cc(C)nc(Nc2ccc(C(=O)NC(C)C3CC4CCC3C4)cc2)n1. The first-order chi connectivity index (χ1) is 13.0. The van der Waals surface area contributed by atoms with Gasteiger partial charge in [0.25, 0.3) is 5.91 Å². The van der Waals surface area contributed by atoms with Gasteiger partial charge in [-0.15, -0.1) is 0 Å². The molecule has 2 saturated carbocycles. The van der Waals surface area contributed by atoms with Crippen LogP contribution in [0, 0.1) is 31.6 Å². The molecule has 4 unspecified atom stereocenters. The summed E-state index contributed by atoms with van der Waals surface area (Å²) in [7, 11) is 0. The van der Waals surface area contributed by atoms with Crippen LogP contribution in [0.2, 0.25) is 0 Å². The lowest BCUT2D eigenvalue weighted by atomic mass is 9.84. The largest absolute Gasteiger partial charge is 0.349 e. The van der Waals surface area contributed by atoms with E-state index in [1.165, 1.54) is 25.7 Å². The summed E-state index contributed by atoms with van der Waals surface area (Å²) in [6, 6.07) is 9.70. The molecular weight excluding hydrogens is 336 g/mol. The average Bonchev–Trinajstić information content (AvgIpc) is 3.24. The summed E-state index contributed by atoms with van der Waals surface area (Å²) in [5.41, 5.74) is 3.42. The molecule has 2 aliphatic rings. The summed E-state index contributed by atoms with van der Waals surface area (Å²) in [6.45, 7) is 6.06. The average molecular weight is 364 g/mol. The van der Waals surface area contributed by atoms with Crippen molar-refractivity contribution in [1.29, 1.82) is 0 Å². The van der Waals surface area contributed by atoms with Gasteiger partial charge in [-0.3, -0.25) is 4.79 Å². The van der Waals surface area contributed by atoms with Crippen molar-refractivity contribution in [1.82, 2.24) is 15.3 Å². The normalized spacial score (nSPS) is 24.6. The van der Waals surface area contributed by atoms with Crippen LogP contribution in [0.3, 0.4) is 0 Å². The molecule has 4 atom stereocenters. The number of anilines is 2. The summed E-state index contributed by atoms with van der Waals surface area (Å²) in [4.78, 5) is 21.4. The van der Waals surface area contributed by atoms with E-state index in [9.17, 15) is 4.79 Å². The molecule has 2 aliphatic carbocycles. The van der Waals surface area contributed by atoms with Crippen molar-refractivity contribution in [2.45, 2.75) is 52.5 Å². The first-order valence-electron chi connectivity index (χ1n) is 9.98. The number of carbonyl (C=O) groups is 1. The van der Waals surface area contributed by atoms with Gasteiger partial charge in [-0.2, -0.15) is 0 Å². The standard InChI is InChI=1S/C22H28N4O/c1-13-10-14(2)24-22(23-13)26-19-8-6-17(7-9-19)21(27)25-15(3)20-12-16-4-5-18(20)11-16/h6-10,15-16,18,20H,4-5,11-12H2,1-3H3,(H,25,27)(H,23,24,26). The van der Waals surface area contributed by atoms with E-state index >= 15 is 0 Å². The second-order valence-corrected chi connectivity index (χ2v) is 8.28. The van der Waals surface area contributed by atoms with Crippen molar-refractivity contribution in [3.63, 3.8) is 0 Å². The van der Waals surface area contributed by atoms with Crippen LogP contribution in [0.1, 0.15) is 54.4 Å². The van der Waals surface area contributed by atoms with Crippen LogP contribution in [-0.2, 0) is 0 Å². The number of amides is 1. The fourth-order valence-electron chi connectivity index (χ4n) is 4.92. The number of hydrogen-bond acceptors (Lipinski definition) is 4. The van der Waals surface area contributed by atoms with Crippen LogP contribution in [-0.4, -0.2) is 21.9 Å². The molecule has 2 bridgehead atoms. The third-order valence-corrected chi connectivity index (χ3v) is 6.18. The first-order valence-corrected chi connectivity index (χ1v) is 9.98. The van der Waals surface area contributed by atoms with Gasteiger partial charge in [0.05, 0.1) is 0 Å². The lowest BCUT2D eigenvalue weighted by Gasteiger charge is -2.28. The highest BCUT2D eigenvalue weighted by molar-refractivity contribution is 5.94. The lowest BCUT2D eigenvalue weighted by molar-refractivity contribution is 0.0915. The zero-order chi connectivity index (χ0) is 19.0. The first kappa shape index (κ1) is 18.0. The number of aromatic nitrogens is 2. The van der Waals surface area contributed by atoms with Gasteiger partial charge < -0.3 is 10.6 Å². The molecule has 0 radical (unpaired) electrons. The smallest absolute Gasteiger partial charge is 0.251 e. The van der Waals surface area contributed by atoms with Crippen molar-refractivity contribution in [2.24, 2.45) is 17.8 Å². The minimum atomic E-state index is 0.0134. The highest BCUT2D eigenvalue weighted by atomic mass is 16.1. The Balaban J connectivity index is 1.37. The quantitative estimate of drug-likeness (QED) is 0.826. The number of fused-ring (bicyclic) bond motifs is 2. The molecule has 142 valence electrons. The molecule has 5 heteroatoms. The van der Waals surface area contributed by atoms with Gasteiger partial charge >= 0.3 is 0 Å². The Morgan fingerprint density at radius 2 is 1.78 bits per heavy atom. The van der Waals surface area contributed by atoms with Crippen molar-refractivity contribution in [2.75, 3.05) is 5.32 Å². The Labute approximate surface area is 161 Å². The third kappa shape index (κ3) is 3.97. The van der Waals surface area contributed by atoms with E-state index < -0.39 is 0 Å². The molecule has 0 aliphatic heterocycles. The maximum atomic E-state index is 12.6. The molecule has 1 amide bonds. The van der Waals surface area contributed by atoms with Crippen molar-refractivity contribution < 1.29 is 4.79 Å². The van der Waals surface area contributed by atoms with Crippen LogP contribution in [0.25, 0.3) is 0 Å². The van der Waals surface area contributed by atoms with Gasteiger partial charge in [0.2, 0.25) is 5.95 Å². The molecule has 1 aromatic heterocycles. The van der Waals surface area contributed by atoms with Gasteiger partial charge in [-0.05, 0) is 88.1 Å². The maximum absolute atomic E-state index is 12.6. The molecule has 27 heavy (non-hydrogen) atoms. The summed E-state index contributed by atoms with van der Waals surface area (Å²) in [5, 5.41) is 6.42. The summed E-state index contributed by atoms with van der Waals surface area (Å²) in [6.07, 6.45) is 5.38. The lowest BCUT2D eigenvalue weighted by Crippen LogP contribution is -2.40. The van der Waals surface area contributed by atoms with Crippen molar-refractivity contribution >= 4 is 17.5 Å². The Hall–Kier alpha value is -2.43. The van der Waals surface area contributed by atoms with Gasteiger partial charge in [0, 0.05) is 28.7 Å². The van der Waals surface area contributed by atoms with Crippen molar-refractivity contribution in [3.05, 3.63) is 47.3 Å². The predicted molar refractivity (Wildman–Crippen MR) is 107 cm³/mol. The summed E-state index contributed by atoms with van der Waals surface area (Å²) in [5.74, 6) is 2.95. The number of benzene rings is 1. The van der Waals surface area contributed by atoms with E-state index in [-0.39, 0.29) is 11.9 Å². The molecule has 5 nitrogen and oxygen atoms in total. The molecule has 1 heterocycles. The van der Waals surface area contributed by atoms with Crippen LogP contribution in [0.4, 0.5) is 11.6 Å². The van der Waals surface area contributed by atoms with Gasteiger partial charge in [-0.25, -0.2) is 9.97 Å². The minimum absolute atomic E-state index is 0.0134. The van der Waals surface area contributed by atoms with Crippen LogP contribution >= 0.6 is 0 Å². The van der Waals surface area contributed by atoms with E-state index in [1.807, 2.05) is 44.2 Å². The third-order valence-electron chi connectivity index (χ3n) is 6.18. The van der Waals surface area contributed by atoms with Crippen LogP contribution in [0.15, 0.2) is 30.3 Å². The number of rotatable bonds is 5. The molecular formula is C22H28N4O. The Bertz CT molecular complexity index is 812. The number of nitrogens with zero attached hydrogens (tertiary/aromatic N) is 2. The van der Waals surface area contributed by atoms with Gasteiger partial charge in [0.1, 0.15) is 0 Å². The number of aryl methyl sites for hydroxylation is 2. The van der Waals surface area contributed by atoms with Gasteiger partial charge in [-0.1, -0.05) is 6.42 Å². The molecule has 2 N–H and O–H groups in total. The molecule has 0 saturated heterocycles. The van der Waals surface area contributed by atoms with Crippen LogP contribution < -0.4 is 10.6 Å². The minimum Gasteiger partial charge on any atom is -0.349 e. The maximum Gasteiger partial charge on any atom is 0.251 e. The van der Waals surface area contributed by atoms with E-state index in [2.05, 4.69) is 27.5 Å². The molecule has 1 aromatic carbocycles. The number of nitrogens with one attached hydrogen (secondary N) is 2. The van der Waals surface area contributed by atoms with Gasteiger partial charge in [0.15, 0.2) is 0 Å². The topological polar surface area (TPSA) is 66.9 Å². The second-order valence-electron chi connectivity index (χ2n) is 8.28. The Morgan fingerprint density at radius 3 is 2.37 bits per heavy atom. The second kappa shape index (κ2) is 7.29. The Kier molecular flexibility index (Phi) is 4.85. The van der Waals surface area contributed by atoms with Crippen LogP contribution in [0.5, 0.6) is 0 Å². The number of carbonyl (C=O) groups excluding carboxylic acids is 1. The highest BCUT2D eigenvalue weighted by Crippen LogP contribution is 2.49. The predicted octanol–water partition coefficient (Wildman–Crippen LogP) is 4.39. The molecule has 2 fully saturated rings. The summed E-state index contributed by atoms with van der Waals surface area (Å²) >= 11 is 0. The monoisotopic (exact) mass is 364 g/mol. The van der Waals surface area contributed by atoms with E-state index in [0.717, 1.165) is 28.9 Å². The fraction of sp³-hybridized carbons (Fsp3) is 0.500. The Morgan fingerprint density at radius 1 is 1.07 bits per heavy atom. The highest BCUT2D eigenvalue weighted by Gasteiger charge is 2.42. The fourth-order valence-corrected chi connectivity index (χ4v) is 4.92. The number of hydrogen-bond donors (Lipinski definition) is 2.